The maximum atomic E-state index is 12.2. The van der Waals surface area contributed by atoms with Gasteiger partial charge < -0.3 is 16.0 Å². The molecule has 2 unspecified atom stereocenters. The summed E-state index contributed by atoms with van der Waals surface area (Å²) in [6, 6.07) is -0.528. The number of nitrogens with zero attached hydrogens (tertiary/aromatic N) is 1. The molecule has 0 aromatic heterocycles. The van der Waals surface area contributed by atoms with Gasteiger partial charge in [-0.05, 0) is 12.8 Å². The van der Waals surface area contributed by atoms with Crippen LogP contribution in [0.2, 0.25) is 0 Å². The molecule has 2 saturated heterocycles. The summed E-state index contributed by atoms with van der Waals surface area (Å²) in [6.45, 7) is 1.52. The van der Waals surface area contributed by atoms with E-state index < -0.39 is 0 Å². The predicted octanol–water partition coefficient (Wildman–Crippen LogP) is -0.832. The summed E-state index contributed by atoms with van der Waals surface area (Å²) >= 11 is 1.77. The summed E-state index contributed by atoms with van der Waals surface area (Å²) in [5.74, 6) is 1.49. The highest BCUT2D eigenvalue weighted by atomic mass is 32.2. The van der Waals surface area contributed by atoms with E-state index in [9.17, 15) is 9.59 Å². The average Bonchev–Trinajstić information content (AvgIpc) is 2.78. The van der Waals surface area contributed by atoms with E-state index in [-0.39, 0.29) is 23.9 Å². The Bertz CT molecular complexity index is 292. The third kappa shape index (κ3) is 2.32. The van der Waals surface area contributed by atoms with E-state index in [0.29, 0.717) is 13.0 Å². The lowest BCUT2D eigenvalue weighted by Crippen LogP contribution is -2.54. The maximum absolute atomic E-state index is 12.2. The predicted molar refractivity (Wildman–Crippen MR) is 63.0 cm³/mol. The van der Waals surface area contributed by atoms with Crippen LogP contribution in [-0.2, 0) is 9.59 Å². The first-order valence-electron chi connectivity index (χ1n) is 5.61. The van der Waals surface area contributed by atoms with Gasteiger partial charge in [-0.25, -0.2) is 0 Å². The van der Waals surface area contributed by atoms with Crippen LogP contribution in [0.5, 0.6) is 0 Å². The molecule has 2 rings (SSSR count). The molecule has 0 aromatic carbocycles. The van der Waals surface area contributed by atoms with Crippen molar-refractivity contribution in [2.75, 3.05) is 24.6 Å². The number of carbonyl (C=O) groups is 2. The molecule has 0 spiro atoms. The molecule has 2 heterocycles. The molecule has 16 heavy (non-hydrogen) atoms. The number of likely N-dealkylation sites (tertiary alicyclic amines) is 1. The Morgan fingerprint density at radius 3 is 2.88 bits per heavy atom. The summed E-state index contributed by atoms with van der Waals surface area (Å²) in [5.41, 5.74) is 5.30. The first-order valence-corrected chi connectivity index (χ1v) is 6.76. The summed E-state index contributed by atoms with van der Waals surface area (Å²) < 4.78 is 0. The van der Waals surface area contributed by atoms with Crippen molar-refractivity contribution in [3.8, 4) is 0 Å². The lowest BCUT2D eigenvalue weighted by atomic mass is 10.2. The lowest BCUT2D eigenvalue weighted by Gasteiger charge is -2.29. The van der Waals surface area contributed by atoms with Crippen LogP contribution in [0.3, 0.4) is 0 Å². The van der Waals surface area contributed by atoms with E-state index in [1.54, 1.807) is 16.7 Å². The third-order valence-corrected chi connectivity index (χ3v) is 4.15. The van der Waals surface area contributed by atoms with Gasteiger partial charge in [0.25, 0.3) is 0 Å². The molecule has 0 bridgehead atoms. The molecule has 90 valence electrons. The largest absolute Gasteiger partial charge is 0.368 e. The molecule has 6 heteroatoms. The second-order valence-corrected chi connectivity index (χ2v) is 5.32. The maximum Gasteiger partial charge on any atom is 0.241 e. The van der Waals surface area contributed by atoms with Crippen LogP contribution >= 0.6 is 11.8 Å². The fraction of sp³-hybridized carbons (Fsp3) is 0.800. The minimum Gasteiger partial charge on any atom is -0.368 e. The van der Waals surface area contributed by atoms with E-state index >= 15 is 0 Å². The fourth-order valence-electron chi connectivity index (χ4n) is 2.25. The second kappa shape index (κ2) is 5.05. The molecule has 2 aliphatic rings. The van der Waals surface area contributed by atoms with Crippen LogP contribution in [0.1, 0.15) is 12.8 Å². The van der Waals surface area contributed by atoms with Crippen LogP contribution in [0, 0.1) is 0 Å². The SMILES string of the molecule is NC(=O)C1CCCN1C(=O)C1CSCCN1. The van der Waals surface area contributed by atoms with Gasteiger partial charge in [-0.2, -0.15) is 11.8 Å². The summed E-state index contributed by atoms with van der Waals surface area (Å²) in [5, 5.41) is 3.19. The van der Waals surface area contributed by atoms with Crippen LogP contribution < -0.4 is 11.1 Å². The van der Waals surface area contributed by atoms with Crippen molar-refractivity contribution in [1.82, 2.24) is 10.2 Å². The van der Waals surface area contributed by atoms with E-state index in [1.807, 2.05) is 0 Å². The Balaban J connectivity index is 1.99. The Morgan fingerprint density at radius 1 is 1.44 bits per heavy atom. The smallest absolute Gasteiger partial charge is 0.241 e. The van der Waals surface area contributed by atoms with Crippen molar-refractivity contribution in [3.05, 3.63) is 0 Å². The van der Waals surface area contributed by atoms with Gasteiger partial charge in [0.1, 0.15) is 6.04 Å². The number of rotatable bonds is 2. The van der Waals surface area contributed by atoms with Crippen LogP contribution in [-0.4, -0.2) is 53.4 Å². The number of carbonyl (C=O) groups excluding carboxylic acids is 2. The van der Waals surface area contributed by atoms with Gasteiger partial charge in [0.05, 0.1) is 6.04 Å². The Labute approximate surface area is 99.1 Å². The zero-order valence-electron chi connectivity index (χ0n) is 9.15. The minimum absolute atomic E-state index is 0.0356. The van der Waals surface area contributed by atoms with E-state index in [1.165, 1.54) is 0 Å². The molecular weight excluding hydrogens is 226 g/mol. The normalized spacial score (nSPS) is 30.4. The summed E-state index contributed by atoms with van der Waals surface area (Å²) in [4.78, 5) is 25.0. The molecule has 5 nitrogen and oxygen atoms in total. The van der Waals surface area contributed by atoms with Crippen molar-refractivity contribution in [2.24, 2.45) is 5.73 Å². The number of nitrogens with one attached hydrogen (secondary N) is 1. The Hall–Kier alpha value is -0.750. The van der Waals surface area contributed by atoms with Crippen molar-refractivity contribution in [1.29, 1.82) is 0 Å². The second-order valence-electron chi connectivity index (χ2n) is 4.17. The van der Waals surface area contributed by atoms with Gasteiger partial charge in [0, 0.05) is 24.6 Å². The van der Waals surface area contributed by atoms with Gasteiger partial charge in [-0.15, -0.1) is 0 Å². The molecule has 2 amide bonds. The summed E-state index contributed by atoms with van der Waals surface area (Å²) in [7, 11) is 0. The molecule has 3 N–H and O–H groups in total. The van der Waals surface area contributed by atoms with Crippen molar-refractivity contribution in [3.63, 3.8) is 0 Å². The number of thioether (sulfide) groups is 1. The molecule has 2 atom stereocenters. The van der Waals surface area contributed by atoms with E-state index in [0.717, 1.165) is 24.5 Å². The number of nitrogens with two attached hydrogens (primary N) is 1. The van der Waals surface area contributed by atoms with E-state index in [2.05, 4.69) is 5.32 Å². The number of hydrogen-bond donors (Lipinski definition) is 2. The van der Waals surface area contributed by atoms with Crippen LogP contribution in [0.4, 0.5) is 0 Å². The molecule has 0 saturated carbocycles. The van der Waals surface area contributed by atoms with Gasteiger partial charge in [-0.1, -0.05) is 0 Å². The monoisotopic (exact) mass is 243 g/mol. The Morgan fingerprint density at radius 2 is 2.25 bits per heavy atom. The van der Waals surface area contributed by atoms with Gasteiger partial charge in [0.2, 0.25) is 11.8 Å². The average molecular weight is 243 g/mol. The van der Waals surface area contributed by atoms with Crippen LogP contribution in [0.15, 0.2) is 0 Å². The fourth-order valence-corrected chi connectivity index (χ4v) is 3.18. The highest BCUT2D eigenvalue weighted by Gasteiger charge is 2.36. The molecule has 0 radical (unpaired) electrons. The zero-order chi connectivity index (χ0) is 11.5. The zero-order valence-corrected chi connectivity index (χ0v) is 9.96. The van der Waals surface area contributed by atoms with E-state index in [4.69, 9.17) is 5.73 Å². The quantitative estimate of drug-likeness (QED) is 0.663. The molecule has 0 aliphatic carbocycles. The highest BCUT2D eigenvalue weighted by Crippen LogP contribution is 2.19. The molecule has 2 aliphatic heterocycles. The standard InChI is InChI=1S/C10H17N3O2S/c11-9(14)8-2-1-4-13(8)10(15)7-6-16-5-3-12-7/h7-8,12H,1-6H2,(H2,11,14). The summed E-state index contributed by atoms with van der Waals surface area (Å²) in [6.07, 6.45) is 1.58. The first kappa shape index (κ1) is 11.7. The Kier molecular flexibility index (Phi) is 3.70. The molecular formula is C10H17N3O2S. The van der Waals surface area contributed by atoms with Crippen molar-refractivity contribution >= 4 is 23.6 Å². The number of amides is 2. The molecule has 0 aromatic rings. The highest BCUT2D eigenvalue weighted by molar-refractivity contribution is 7.99. The van der Waals surface area contributed by atoms with Crippen molar-refractivity contribution in [2.45, 2.75) is 24.9 Å². The van der Waals surface area contributed by atoms with Gasteiger partial charge in [-0.3, -0.25) is 9.59 Å². The lowest BCUT2D eigenvalue weighted by molar-refractivity contribution is -0.138. The van der Waals surface area contributed by atoms with Crippen molar-refractivity contribution < 1.29 is 9.59 Å². The third-order valence-electron chi connectivity index (χ3n) is 3.08. The number of primary amides is 1. The van der Waals surface area contributed by atoms with Gasteiger partial charge in [0.15, 0.2) is 0 Å². The number of hydrogen-bond acceptors (Lipinski definition) is 4. The topological polar surface area (TPSA) is 75.4 Å². The first-order chi connectivity index (χ1) is 7.70. The minimum atomic E-state index is -0.388. The van der Waals surface area contributed by atoms with Crippen LogP contribution in [0.25, 0.3) is 0 Å². The molecule has 2 fully saturated rings. The van der Waals surface area contributed by atoms with Gasteiger partial charge >= 0.3 is 0 Å².